The van der Waals surface area contributed by atoms with Crippen molar-refractivity contribution in [3.63, 3.8) is 0 Å². The van der Waals surface area contributed by atoms with Crippen molar-refractivity contribution < 1.29 is 18.7 Å². The molecule has 1 atom stereocenters. The van der Waals surface area contributed by atoms with Crippen LogP contribution in [0.4, 0.5) is 9.39 Å². The van der Waals surface area contributed by atoms with Crippen molar-refractivity contribution in [1.82, 2.24) is 0 Å². The minimum Gasteiger partial charge on any atom is -0.462 e. The molecule has 0 saturated heterocycles. The molecule has 1 aliphatic carbocycles. The average molecular weight is 361 g/mol. The molecule has 1 aromatic heterocycles. The molecule has 0 spiro atoms. The average Bonchev–Trinajstić information content (AvgIpc) is 2.94. The van der Waals surface area contributed by atoms with Crippen molar-refractivity contribution in [2.45, 2.75) is 39.0 Å². The first kappa shape index (κ1) is 17.6. The summed E-state index contributed by atoms with van der Waals surface area (Å²) in [6, 6.07) is 5.79. The van der Waals surface area contributed by atoms with Gasteiger partial charge in [0, 0.05) is 4.88 Å². The number of carbonyl (C=O) groups is 2. The molecule has 1 amide bonds. The summed E-state index contributed by atoms with van der Waals surface area (Å²) in [7, 11) is 0. The number of anilines is 1. The highest BCUT2D eigenvalue weighted by atomic mass is 32.1. The van der Waals surface area contributed by atoms with Crippen LogP contribution in [0.3, 0.4) is 0 Å². The Labute approximate surface area is 150 Å². The SMILES string of the molecule is CCOC(=O)c1c(NC(=O)c2ccccc2F)sc2c1C(C)CCC2. The van der Waals surface area contributed by atoms with Gasteiger partial charge in [-0.05, 0) is 49.8 Å². The molecule has 25 heavy (non-hydrogen) atoms. The quantitative estimate of drug-likeness (QED) is 0.799. The van der Waals surface area contributed by atoms with Gasteiger partial charge in [0.25, 0.3) is 5.91 Å². The minimum absolute atomic E-state index is 0.0447. The number of nitrogens with one attached hydrogen (secondary N) is 1. The summed E-state index contributed by atoms with van der Waals surface area (Å²) in [5.41, 5.74) is 1.36. The van der Waals surface area contributed by atoms with E-state index in [-0.39, 0.29) is 18.1 Å². The first-order valence-electron chi connectivity index (χ1n) is 8.41. The van der Waals surface area contributed by atoms with E-state index in [0.717, 1.165) is 29.7 Å². The van der Waals surface area contributed by atoms with Gasteiger partial charge >= 0.3 is 5.97 Å². The van der Waals surface area contributed by atoms with Crippen LogP contribution in [0.15, 0.2) is 24.3 Å². The molecule has 0 fully saturated rings. The fourth-order valence-electron chi connectivity index (χ4n) is 3.22. The molecule has 3 rings (SSSR count). The highest BCUT2D eigenvalue weighted by Crippen LogP contribution is 2.43. The van der Waals surface area contributed by atoms with Crippen LogP contribution in [0.2, 0.25) is 0 Å². The normalized spacial score (nSPS) is 16.2. The van der Waals surface area contributed by atoms with Gasteiger partial charge in [-0.15, -0.1) is 11.3 Å². The lowest BCUT2D eigenvalue weighted by Gasteiger charge is -2.19. The second-order valence-corrected chi connectivity index (χ2v) is 7.20. The van der Waals surface area contributed by atoms with E-state index in [2.05, 4.69) is 12.2 Å². The predicted molar refractivity (Wildman–Crippen MR) is 96.0 cm³/mol. The van der Waals surface area contributed by atoms with Gasteiger partial charge in [0.15, 0.2) is 0 Å². The number of hydrogen-bond donors (Lipinski definition) is 1. The molecule has 6 heteroatoms. The van der Waals surface area contributed by atoms with Crippen molar-refractivity contribution in [1.29, 1.82) is 0 Å². The molecule has 0 bridgehead atoms. The Bertz CT molecular complexity index is 815. The second kappa shape index (κ2) is 7.35. The third-order valence-corrected chi connectivity index (χ3v) is 5.56. The van der Waals surface area contributed by atoms with Gasteiger partial charge in [-0.25, -0.2) is 9.18 Å². The zero-order chi connectivity index (χ0) is 18.0. The first-order valence-corrected chi connectivity index (χ1v) is 9.23. The highest BCUT2D eigenvalue weighted by molar-refractivity contribution is 7.17. The van der Waals surface area contributed by atoms with Gasteiger partial charge < -0.3 is 10.1 Å². The molecule has 0 saturated carbocycles. The number of aryl methyl sites for hydroxylation is 1. The van der Waals surface area contributed by atoms with Crippen molar-refractivity contribution >= 4 is 28.2 Å². The summed E-state index contributed by atoms with van der Waals surface area (Å²) in [5.74, 6) is -1.35. The fourth-order valence-corrected chi connectivity index (χ4v) is 4.57. The van der Waals surface area contributed by atoms with Gasteiger partial charge in [-0.1, -0.05) is 19.1 Å². The van der Waals surface area contributed by atoms with Crippen LogP contribution in [0.1, 0.15) is 63.8 Å². The van der Waals surface area contributed by atoms with Crippen LogP contribution in [0, 0.1) is 5.82 Å². The molecule has 1 aromatic carbocycles. The second-order valence-electron chi connectivity index (χ2n) is 6.09. The third-order valence-electron chi connectivity index (χ3n) is 4.38. The van der Waals surface area contributed by atoms with Crippen molar-refractivity contribution in [3.8, 4) is 0 Å². The van der Waals surface area contributed by atoms with E-state index < -0.39 is 17.7 Å². The molecule has 1 unspecified atom stereocenters. The number of carbonyl (C=O) groups excluding carboxylic acids is 2. The Hall–Kier alpha value is -2.21. The Balaban J connectivity index is 1.99. The number of thiophene rings is 1. The fraction of sp³-hybridized carbons (Fsp3) is 0.368. The van der Waals surface area contributed by atoms with Crippen LogP contribution < -0.4 is 5.32 Å². The van der Waals surface area contributed by atoms with Crippen LogP contribution in [0.25, 0.3) is 0 Å². The Morgan fingerprint density at radius 1 is 1.36 bits per heavy atom. The molecular formula is C19H20FNO3S. The maximum atomic E-state index is 13.9. The van der Waals surface area contributed by atoms with Crippen LogP contribution in [-0.2, 0) is 11.2 Å². The lowest BCUT2D eigenvalue weighted by molar-refractivity contribution is 0.0526. The molecule has 2 aromatic rings. The van der Waals surface area contributed by atoms with E-state index in [1.807, 2.05) is 0 Å². The molecule has 132 valence electrons. The lowest BCUT2D eigenvalue weighted by Crippen LogP contribution is -2.17. The van der Waals surface area contributed by atoms with Gasteiger partial charge in [-0.3, -0.25) is 4.79 Å². The van der Waals surface area contributed by atoms with E-state index >= 15 is 0 Å². The topological polar surface area (TPSA) is 55.4 Å². The molecule has 1 N–H and O–H groups in total. The zero-order valence-electron chi connectivity index (χ0n) is 14.2. The summed E-state index contributed by atoms with van der Waals surface area (Å²) in [5, 5.41) is 3.17. The molecule has 0 radical (unpaired) electrons. The van der Waals surface area contributed by atoms with Gasteiger partial charge in [0.1, 0.15) is 10.8 Å². The molecule has 0 aliphatic heterocycles. The predicted octanol–water partition coefficient (Wildman–Crippen LogP) is 4.76. The van der Waals surface area contributed by atoms with Crippen LogP contribution in [-0.4, -0.2) is 18.5 Å². The monoisotopic (exact) mass is 361 g/mol. The Morgan fingerprint density at radius 3 is 2.84 bits per heavy atom. The van der Waals surface area contributed by atoms with E-state index in [4.69, 9.17) is 4.74 Å². The van der Waals surface area contributed by atoms with Crippen molar-refractivity contribution in [2.75, 3.05) is 11.9 Å². The third kappa shape index (κ3) is 3.44. The maximum absolute atomic E-state index is 13.9. The zero-order valence-corrected chi connectivity index (χ0v) is 15.0. The van der Waals surface area contributed by atoms with Crippen LogP contribution in [0.5, 0.6) is 0 Å². The number of fused-ring (bicyclic) bond motifs is 1. The summed E-state index contributed by atoms with van der Waals surface area (Å²) in [6.07, 6.45) is 2.93. The lowest BCUT2D eigenvalue weighted by atomic mass is 9.86. The smallest absolute Gasteiger partial charge is 0.341 e. The first-order chi connectivity index (χ1) is 12.0. The maximum Gasteiger partial charge on any atom is 0.341 e. The standard InChI is InChI=1S/C19H20FNO3S/c1-3-24-19(23)16-15-11(2)7-6-10-14(15)25-18(16)21-17(22)12-8-4-5-9-13(12)20/h4-5,8-9,11H,3,6-7,10H2,1-2H3,(H,21,22). The number of halogens is 1. The minimum atomic E-state index is -0.590. The molecule has 1 heterocycles. The molecule has 1 aliphatic rings. The number of benzene rings is 1. The van der Waals surface area contributed by atoms with Gasteiger partial charge in [0.05, 0.1) is 17.7 Å². The van der Waals surface area contributed by atoms with E-state index in [1.54, 1.807) is 13.0 Å². The summed E-state index contributed by atoms with van der Waals surface area (Å²) >= 11 is 1.39. The van der Waals surface area contributed by atoms with Crippen molar-refractivity contribution in [3.05, 3.63) is 51.7 Å². The largest absolute Gasteiger partial charge is 0.462 e. The Morgan fingerprint density at radius 2 is 2.12 bits per heavy atom. The number of rotatable bonds is 4. The molecule has 4 nitrogen and oxygen atoms in total. The highest BCUT2D eigenvalue weighted by Gasteiger charge is 2.31. The number of esters is 1. The number of ether oxygens (including phenoxy) is 1. The Kier molecular flexibility index (Phi) is 5.18. The van der Waals surface area contributed by atoms with E-state index in [9.17, 15) is 14.0 Å². The number of hydrogen-bond acceptors (Lipinski definition) is 4. The van der Waals surface area contributed by atoms with Crippen molar-refractivity contribution in [2.24, 2.45) is 0 Å². The summed E-state index contributed by atoms with van der Waals surface area (Å²) in [6.45, 7) is 4.09. The van der Waals surface area contributed by atoms with Crippen LogP contribution >= 0.6 is 11.3 Å². The van der Waals surface area contributed by atoms with Gasteiger partial charge in [0.2, 0.25) is 0 Å². The van der Waals surface area contributed by atoms with Gasteiger partial charge in [-0.2, -0.15) is 0 Å². The summed E-state index contributed by atoms with van der Waals surface area (Å²) in [4.78, 5) is 26.1. The number of amides is 1. The molecular weight excluding hydrogens is 341 g/mol. The summed E-state index contributed by atoms with van der Waals surface area (Å²) < 4.78 is 19.1. The van der Waals surface area contributed by atoms with E-state index in [0.29, 0.717) is 10.6 Å². The van der Waals surface area contributed by atoms with E-state index in [1.165, 1.54) is 29.5 Å².